The molecule has 0 aromatic heterocycles. The third kappa shape index (κ3) is 7.27. The van der Waals surface area contributed by atoms with Gasteiger partial charge in [0.15, 0.2) is 5.78 Å². The summed E-state index contributed by atoms with van der Waals surface area (Å²) in [5.41, 5.74) is 6.58. The molecular weight excluding hydrogens is 348 g/mol. The minimum absolute atomic E-state index is 0.00926. The largest absolute Gasteiger partial charge is 0.294 e. The van der Waals surface area contributed by atoms with E-state index in [1.807, 2.05) is 0 Å². The van der Waals surface area contributed by atoms with Crippen molar-refractivity contribution in [1.29, 1.82) is 0 Å². The Bertz CT molecular complexity index is 679. The standard InChI is InChI=1S/C16H17Br.C5H6O/c1-12-5-3-4-6-16(12)13(2)11-14-7-9-15(17)10-8-14;1-3-4-5(2)6/h3-10,13H,11H2,1-2H3;4H,1H2,2H3/t13-;/m0./s1. The fourth-order valence-electron chi connectivity index (χ4n) is 2.37. The van der Waals surface area contributed by atoms with E-state index in [1.165, 1.54) is 29.7 Å². The third-order valence-corrected chi connectivity index (χ3v) is 4.01. The van der Waals surface area contributed by atoms with Crippen molar-refractivity contribution in [2.45, 2.75) is 33.1 Å². The van der Waals surface area contributed by atoms with Crippen LogP contribution in [-0.4, -0.2) is 5.78 Å². The van der Waals surface area contributed by atoms with Gasteiger partial charge in [0.05, 0.1) is 0 Å². The van der Waals surface area contributed by atoms with Crippen molar-refractivity contribution in [2.75, 3.05) is 0 Å². The molecule has 0 saturated heterocycles. The van der Waals surface area contributed by atoms with E-state index in [9.17, 15) is 4.79 Å². The Kier molecular flexibility index (Phi) is 8.32. The molecule has 120 valence electrons. The van der Waals surface area contributed by atoms with Crippen LogP contribution in [0.25, 0.3) is 0 Å². The SMILES string of the molecule is C=C=CC(C)=O.Cc1ccccc1[C@@H](C)Cc1ccc(Br)cc1. The number of hydrogen-bond donors (Lipinski definition) is 0. The van der Waals surface area contributed by atoms with E-state index < -0.39 is 0 Å². The van der Waals surface area contributed by atoms with Gasteiger partial charge in [0.1, 0.15) is 0 Å². The third-order valence-electron chi connectivity index (χ3n) is 3.48. The van der Waals surface area contributed by atoms with Crippen LogP contribution < -0.4 is 0 Å². The molecule has 0 saturated carbocycles. The van der Waals surface area contributed by atoms with E-state index in [0.29, 0.717) is 5.92 Å². The maximum atomic E-state index is 9.89. The number of carbonyl (C=O) groups excluding carboxylic acids is 1. The topological polar surface area (TPSA) is 17.1 Å². The van der Waals surface area contributed by atoms with E-state index in [1.54, 1.807) is 0 Å². The monoisotopic (exact) mass is 370 g/mol. The molecule has 2 heteroatoms. The first-order valence-corrected chi connectivity index (χ1v) is 8.39. The van der Waals surface area contributed by atoms with Gasteiger partial charge >= 0.3 is 0 Å². The molecule has 0 N–H and O–H groups in total. The van der Waals surface area contributed by atoms with Gasteiger partial charge < -0.3 is 0 Å². The maximum Gasteiger partial charge on any atom is 0.160 e. The van der Waals surface area contributed by atoms with E-state index in [-0.39, 0.29) is 5.78 Å². The molecule has 2 aromatic rings. The second-order valence-corrected chi connectivity index (χ2v) is 6.46. The van der Waals surface area contributed by atoms with Crippen LogP contribution in [0, 0.1) is 6.92 Å². The predicted octanol–water partition coefficient (Wildman–Crippen LogP) is 6.02. The van der Waals surface area contributed by atoms with Crippen molar-refractivity contribution in [3.63, 3.8) is 0 Å². The van der Waals surface area contributed by atoms with Crippen molar-refractivity contribution < 1.29 is 4.79 Å². The molecule has 0 bridgehead atoms. The molecule has 0 amide bonds. The lowest BCUT2D eigenvalue weighted by atomic mass is 9.91. The number of ketones is 1. The zero-order chi connectivity index (χ0) is 17.2. The molecule has 1 nitrogen and oxygen atoms in total. The second kappa shape index (κ2) is 9.99. The van der Waals surface area contributed by atoms with Crippen molar-refractivity contribution >= 4 is 21.7 Å². The van der Waals surface area contributed by atoms with Crippen molar-refractivity contribution in [1.82, 2.24) is 0 Å². The minimum atomic E-state index is -0.00926. The zero-order valence-corrected chi connectivity index (χ0v) is 15.6. The van der Waals surface area contributed by atoms with Crippen LogP contribution in [0.2, 0.25) is 0 Å². The summed E-state index contributed by atoms with van der Waals surface area (Å²) in [6.07, 6.45) is 2.39. The van der Waals surface area contributed by atoms with Crippen LogP contribution in [0.3, 0.4) is 0 Å². The van der Waals surface area contributed by atoms with Crippen LogP contribution in [0.1, 0.15) is 36.5 Å². The molecule has 0 radical (unpaired) electrons. The van der Waals surface area contributed by atoms with Gasteiger partial charge in [-0.25, -0.2) is 0 Å². The number of allylic oxidation sites excluding steroid dienone is 1. The Morgan fingerprint density at radius 1 is 1.22 bits per heavy atom. The number of hydrogen-bond acceptors (Lipinski definition) is 1. The Labute approximate surface area is 147 Å². The summed E-state index contributed by atoms with van der Waals surface area (Å²) in [6, 6.07) is 17.3. The molecular formula is C21H23BrO. The number of carbonyl (C=O) groups is 1. The Morgan fingerprint density at radius 3 is 2.30 bits per heavy atom. The molecule has 0 spiro atoms. The summed E-state index contributed by atoms with van der Waals surface area (Å²) in [5.74, 6) is 0.558. The average Bonchev–Trinajstić information content (AvgIpc) is 2.50. The fraction of sp³-hybridized carbons (Fsp3) is 0.238. The molecule has 0 aliphatic heterocycles. The first-order valence-electron chi connectivity index (χ1n) is 7.60. The van der Waals surface area contributed by atoms with Crippen LogP contribution in [0.4, 0.5) is 0 Å². The van der Waals surface area contributed by atoms with E-state index in [0.717, 1.165) is 10.9 Å². The van der Waals surface area contributed by atoms with Crippen LogP contribution in [0.5, 0.6) is 0 Å². The lowest BCUT2D eigenvalue weighted by Gasteiger charge is -2.14. The smallest absolute Gasteiger partial charge is 0.160 e. The first kappa shape index (κ1) is 19.2. The quantitative estimate of drug-likeness (QED) is 0.474. The van der Waals surface area contributed by atoms with Gasteiger partial charge in [0, 0.05) is 10.5 Å². The number of rotatable bonds is 4. The Morgan fingerprint density at radius 2 is 1.83 bits per heavy atom. The van der Waals surface area contributed by atoms with E-state index >= 15 is 0 Å². The fourth-order valence-corrected chi connectivity index (χ4v) is 2.63. The van der Waals surface area contributed by atoms with Gasteiger partial charge in [-0.05, 0) is 55.0 Å². The summed E-state index contributed by atoms with van der Waals surface area (Å²) in [6.45, 7) is 9.14. The first-order chi connectivity index (χ1) is 10.9. The van der Waals surface area contributed by atoms with Crippen LogP contribution in [-0.2, 0) is 11.2 Å². The summed E-state index contributed by atoms with van der Waals surface area (Å²) < 4.78 is 1.14. The minimum Gasteiger partial charge on any atom is -0.294 e. The molecule has 0 heterocycles. The summed E-state index contributed by atoms with van der Waals surface area (Å²) in [7, 11) is 0. The highest BCUT2D eigenvalue weighted by Gasteiger charge is 2.08. The molecule has 0 aliphatic carbocycles. The van der Waals surface area contributed by atoms with Crippen molar-refractivity contribution in [2.24, 2.45) is 0 Å². The Hall–Kier alpha value is -1.89. The average molecular weight is 371 g/mol. The highest BCUT2D eigenvalue weighted by Crippen LogP contribution is 2.23. The van der Waals surface area contributed by atoms with Gasteiger partial charge in [0.25, 0.3) is 0 Å². The van der Waals surface area contributed by atoms with Gasteiger partial charge in [-0.1, -0.05) is 65.8 Å². The van der Waals surface area contributed by atoms with E-state index in [2.05, 4.69) is 90.6 Å². The normalized spacial score (nSPS) is 10.8. The zero-order valence-electron chi connectivity index (χ0n) is 14.0. The number of benzene rings is 2. The Balaban J connectivity index is 0.000000379. The van der Waals surface area contributed by atoms with E-state index in [4.69, 9.17) is 0 Å². The highest BCUT2D eigenvalue weighted by atomic mass is 79.9. The molecule has 1 atom stereocenters. The summed E-state index contributed by atoms with van der Waals surface area (Å²) >= 11 is 3.47. The van der Waals surface area contributed by atoms with Crippen molar-refractivity contribution in [3.05, 3.63) is 88.1 Å². The molecule has 0 aliphatic rings. The molecule has 2 rings (SSSR count). The highest BCUT2D eigenvalue weighted by molar-refractivity contribution is 9.10. The second-order valence-electron chi connectivity index (χ2n) is 5.55. The molecule has 2 aromatic carbocycles. The summed E-state index contributed by atoms with van der Waals surface area (Å²) in [5, 5.41) is 0. The van der Waals surface area contributed by atoms with Gasteiger partial charge in [-0.3, -0.25) is 4.79 Å². The maximum absolute atomic E-state index is 9.89. The van der Waals surface area contributed by atoms with Gasteiger partial charge in [0.2, 0.25) is 0 Å². The summed E-state index contributed by atoms with van der Waals surface area (Å²) in [4.78, 5) is 9.89. The number of aryl methyl sites for hydroxylation is 1. The number of halogens is 1. The van der Waals surface area contributed by atoms with Gasteiger partial charge in [-0.2, -0.15) is 0 Å². The molecule has 23 heavy (non-hydrogen) atoms. The predicted molar refractivity (Wildman–Crippen MR) is 102 cm³/mol. The lowest BCUT2D eigenvalue weighted by molar-refractivity contribution is -0.112. The molecule has 0 unspecified atom stereocenters. The lowest BCUT2D eigenvalue weighted by Crippen LogP contribution is -2.00. The van der Waals surface area contributed by atoms with Crippen LogP contribution >= 0.6 is 15.9 Å². The van der Waals surface area contributed by atoms with Crippen molar-refractivity contribution in [3.8, 4) is 0 Å². The van der Waals surface area contributed by atoms with Gasteiger partial charge in [-0.15, -0.1) is 5.73 Å². The van der Waals surface area contributed by atoms with Crippen LogP contribution in [0.15, 0.2) is 71.4 Å². The molecule has 0 fully saturated rings.